The number of carbonyl (C=O) groups excluding carboxylic acids is 2. The Morgan fingerprint density at radius 3 is 2.31 bits per heavy atom. The van der Waals surface area contributed by atoms with E-state index in [1.807, 2.05) is 37.3 Å². The standard InChI is InChI=1S/C26H34FN3O2/c1-19(21-10-6-3-7-11-21)25(31)30-24(18-20-8-4-2-5-9-20)26(32)29-17-16-28-23-14-12-22(27)13-15-23/h3,6-7,10-15,19-20,24,28H,2,4-5,8-9,16-18H2,1H3,(H,29,32)(H,30,31). The second-order valence-corrected chi connectivity index (χ2v) is 8.66. The molecule has 0 heterocycles. The summed E-state index contributed by atoms with van der Waals surface area (Å²) in [5, 5.41) is 9.12. The molecule has 0 radical (unpaired) electrons. The zero-order valence-electron chi connectivity index (χ0n) is 18.8. The fraction of sp³-hybridized carbons (Fsp3) is 0.462. The lowest BCUT2D eigenvalue weighted by Gasteiger charge is -2.27. The highest BCUT2D eigenvalue weighted by Gasteiger charge is 2.27. The van der Waals surface area contributed by atoms with Gasteiger partial charge in [-0.2, -0.15) is 0 Å². The highest BCUT2D eigenvalue weighted by Crippen LogP contribution is 2.27. The third-order valence-electron chi connectivity index (χ3n) is 6.22. The first-order valence-electron chi connectivity index (χ1n) is 11.7. The Bertz CT molecular complexity index is 851. The minimum atomic E-state index is -0.539. The first-order chi connectivity index (χ1) is 15.5. The fourth-order valence-corrected chi connectivity index (χ4v) is 4.26. The molecule has 0 aliphatic heterocycles. The molecule has 32 heavy (non-hydrogen) atoms. The maximum absolute atomic E-state index is 13.0. The van der Waals surface area contributed by atoms with Crippen LogP contribution in [0.15, 0.2) is 54.6 Å². The number of carbonyl (C=O) groups is 2. The zero-order valence-corrected chi connectivity index (χ0v) is 18.8. The van der Waals surface area contributed by atoms with E-state index in [9.17, 15) is 14.0 Å². The minimum absolute atomic E-state index is 0.128. The lowest BCUT2D eigenvalue weighted by molar-refractivity contribution is -0.130. The average Bonchev–Trinajstić information content (AvgIpc) is 2.83. The normalized spacial score (nSPS) is 16.1. The largest absolute Gasteiger partial charge is 0.383 e. The number of anilines is 1. The van der Waals surface area contributed by atoms with E-state index in [-0.39, 0.29) is 23.5 Å². The topological polar surface area (TPSA) is 70.2 Å². The maximum Gasteiger partial charge on any atom is 0.242 e. The minimum Gasteiger partial charge on any atom is -0.383 e. The summed E-state index contributed by atoms with van der Waals surface area (Å²) in [5.41, 5.74) is 1.73. The van der Waals surface area contributed by atoms with Crippen LogP contribution >= 0.6 is 0 Å². The van der Waals surface area contributed by atoms with Crippen molar-refractivity contribution in [1.82, 2.24) is 10.6 Å². The van der Waals surface area contributed by atoms with Crippen molar-refractivity contribution in [3.05, 3.63) is 66.0 Å². The summed E-state index contributed by atoms with van der Waals surface area (Å²) in [6, 6.07) is 15.2. The second kappa shape index (κ2) is 12.2. The lowest BCUT2D eigenvalue weighted by Crippen LogP contribution is -2.49. The van der Waals surface area contributed by atoms with Crippen molar-refractivity contribution in [3.8, 4) is 0 Å². The Morgan fingerprint density at radius 1 is 0.938 bits per heavy atom. The SMILES string of the molecule is CC(C(=O)NC(CC1CCCCC1)C(=O)NCCNc1ccc(F)cc1)c1ccccc1. The smallest absolute Gasteiger partial charge is 0.242 e. The molecule has 3 rings (SSSR count). The van der Waals surface area contributed by atoms with Crippen LogP contribution in [0.3, 0.4) is 0 Å². The van der Waals surface area contributed by atoms with Crippen molar-refractivity contribution < 1.29 is 14.0 Å². The van der Waals surface area contributed by atoms with Crippen LogP contribution < -0.4 is 16.0 Å². The van der Waals surface area contributed by atoms with Crippen molar-refractivity contribution in [3.63, 3.8) is 0 Å². The molecule has 1 aliphatic rings. The van der Waals surface area contributed by atoms with Gasteiger partial charge in [-0.15, -0.1) is 0 Å². The Labute approximate surface area is 190 Å². The first-order valence-corrected chi connectivity index (χ1v) is 11.7. The molecule has 2 aromatic rings. The number of amides is 2. The highest BCUT2D eigenvalue weighted by molar-refractivity contribution is 5.90. The van der Waals surface area contributed by atoms with Crippen LogP contribution in [0, 0.1) is 11.7 Å². The van der Waals surface area contributed by atoms with Gasteiger partial charge in [0.2, 0.25) is 11.8 Å². The van der Waals surface area contributed by atoms with Crippen molar-refractivity contribution in [1.29, 1.82) is 0 Å². The average molecular weight is 440 g/mol. The molecule has 1 saturated carbocycles. The summed E-state index contributed by atoms with van der Waals surface area (Å²) in [5.74, 6) is -0.418. The zero-order chi connectivity index (χ0) is 22.8. The Hall–Kier alpha value is -2.89. The van der Waals surface area contributed by atoms with Crippen LogP contribution in [0.25, 0.3) is 0 Å². The van der Waals surface area contributed by atoms with Crippen LogP contribution in [0.4, 0.5) is 10.1 Å². The monoisotopic (exact) mass is 439 g/mol. The Balaban J connectivity index is 1.54. The van der Waals surface area contributed by atoms with Crippen LogP contribution in [0.5, 0.6) is 0 Å². The van der Waals surface area contributed by atoms with Crippen molar-refractivity contribution in [2.45, 2.75) is 57.4 Å². The predicted molar refractivity (Wildman–Crippen MR) is 126 cm³/mol. The van der Waals surface area contributed by atoms with E-state index in [0.29, 0.717) is 25.4 Å². The number of hydrogen-bond donors (Lipinski definition) is 3. The summed E-state index contributed by atoms with van der Waals surface area (Å²) in [7, 11) is 0. The maximum atomic E-state index is 13.0. The molecular formula is C26H34FN3O2. The van der Waals surface area contributed by atoms with Gasteiger partial charge in [-0.05, 0) is 49.1 Å². The first kappa shape index (κ1) is 23.8. The lowest BCUT2D eigenvalue weighted by atomic mass is 9.84. The van der Waals surface area contributed by atoms with Gasteiger partial charge in [-0.3, -0.25) is 9.59 Å². The van der Waals surface area contributed by atoms with Gasteiger partial charge in [0, 0.05) is 18.8 Å². The molecule has 1 aliphatic carbocycles. The molecule has 1 fully saturated rings. The number of halogens is 1. The summed E-state index contributed by atoms with van der Waals surface area (Å²) < 4.78 is 13.0. The second-order valence-electron chi connectivity index (χ2n) is 8.66. The predicted octanol–water partition coefficient (Wildman–Crippen LogP) is 4.61. The third-order valence-corrected chi connectivity index (χ3v) is 6.22. The van der Waals surface area contributed by atoms with Gasteiger partial charge in [0.25, 0.3) is 0 Å². The van der Waals surface area contributed by atoms with E-state index in [1.54, 1.807) is 12.1 Å². The molecule has 5 nitrogen and oxygen atoms in total. The fourth-order valence-electron chi connectivity index (χ4n) is 4.26. The van der Waals surface area contributed by atoms with E-state index >= 15 is 0 Å². The molecule has 6 heteroatoms. The Kier molecular flexibility index (Phi) is 9.08. The van der Waals surface area contributed by atoms with Gasteiger partial charge in [-0.1, -0.05) is 62.4 Å². The van der Waals surface area contributed by atoms with Crippen molar-refractivity contribution in [2.24, 2.45) is 5.92 Å². The molecule has 2 amide bonds. The quantitative estimate of drug-likeness (QED) is 0.474. The number of benzene rings is 2. The van der Waals surface area contributed by atoms with E-state index in [2.05, 4.69) is 16.0 Å². The molecule has 0 aromatic heterocycles. The van der Waals surface area contributed by atoms with Crippen LogP contribution in [-0.4, -0.2) is 30.9 Å². The van der Waals surface area contributed by atoms with Gasteiger partial charge in [0.1, 0.15) is 11.9 Å². The molecule has 0 saturated heterocycles. The highest BCUT2D eigenvalue weighted by atomic mass is 19.1. The summed E-state index contributed by atoms with van der Waals surface area (Å²) in [6.45, 7) is 2.80. The number of nitrogens with one attached hydrogen (secondary N) is 3. The van der Waals surface area contributed by atoms with Gasteiger partial charge < -0.3 is 16.0 Å². The summed E-state index contributed by atoms with van der Waals surface area (Å²) in [6.07, 6.45) is 6.52. The van der Waals surface area contributed by atoms with Gasteiger partial charge in [0.05, 0.1) is 5.92 Å². The summed E-state index contributed by atoms with van der Waals surface area (Å²) >= 11 is 0. The third kappa shape index (κ3) is 7.36. The van der Waals surface area contributed by atoms with Gasteiger partial charge >= 0.3 is 0 Å². The van der Waals surface area contributed by atoms with Crippen molar-refractivity contribution >= 4 is 17.5 Å². The molecule has 2 atom stereocenters. The van der Waals surface area contributed by atoms with Crippen LogP contribution in [-0.2, 0) is 9.59 Å². The molecule has 2 aromatic carbocycles. The van der Waals surface area contributed by atoms with E-state index in [0.717, 1.165) is 24.1 Å². The number of rotatable bonds is 10. The van der Waals surface area contributed by atoms with Gasteiger partial charge in [-0.25, -0.2) is 4.39 Å². The molecule has 172 valence electrons. The van der Waals surface area contributed by atoms with E-state index in [4.69, 9.17) is 0 Å². The molecule has 0 spiro atoms. The van der Waals surface area contributed by atoms with Crippen molar-refractivity contribution in [2.75, 3.05) is 18.4 Å². The van der Waals surface area contributed by atoms with Crippen LogP contribution in [0.1, 0.15) is 56.9 Å². The summed E-state index contributed by atoms with van der Waals surface area (Å²) in [4.78, 5) is 25.9. The Morgan fingerprint density at radius 2 is 1.62 bits per heavy atom. The molecule has 2 unspecified atom stereocenters. The van der Waals surface area contributed by atoms with Crippen LogP contribution in [0.2, 0.25) is 0 Å². The van der Waals surface area contributed by atoms with E-state index < -0.39 is 6.04 Å². The molecule has 3 N–H and O–H groups in total. The van der Waals surface area contributed by atoms with Gasteiger partial charge in [0.15, 0.2) is 0 Å². The number of hydrogen-bond acceptors (Lipinski definition) is 3. The molecular weight excluding hydrogens is 405 g/mol. The van der Waals surface area contributed by atoms with E-state index in [1.165, 1.54) is 31.4 Å². The molecule has 0 bridgehead atoms.